The normalized spacial score (nSPS) is 15.4. The molecule has 6 heteroatoms. The Balaban J connectivity index is 1.82. The first-order valence-electron chi connectivity index (χ1n) is 7.83. The summed E-state index contributed by atoms with van der Waals surface area (Å²) in [6, 6.07) is 12.9. The van der Waals surface area contributed by atoms with Crippen molar-refractivity contribution in [1.29, 1.82) is 0 Å². The molecule has 0 saturated carbocycles. The number of carbonyl (C=O) groups excluding carboxylic acids is 1. The predicted molar refractivity (Wildman–Crippen MR) is 103 cm³/mol. The van der Waals surface area contributed by atoms with Crippen LogP contribution in [0.1, 0.15) is 10.4 Å². The second-order valence-electron chi connectivity index (χ2n) is 5.91. The first-order chi connectivity index (χ1) is 11.5. The lowest BCUT2D eigenvalue weighted by Crippen LogP contribution is -2.44. The van der Waals surface area contributed by atoms with E-state index in [1.807, 2.05) is 30.3 Å². The molecule has 4 nitrogen and oxygen atoms in total. The van der Waals surface area contributed by atoms with Gasteiger partial charge < -0.3 is 15.1 Å². The first kappa shape index (κ1) is 17.3. The van der Waals surface area contributed by atoms with E-state index >= 15 is 0 Å². The van der Waals surface area contributed by atoms with E-state index in [4.69, 9.17) is 11.6 Å². The minimum Gasteiger partial charge on any atom is -0.367 e. The average Bonchev–Trinajstić information content (AvgIpc) is 2.57. The first-order valence-corrected chi connectivity index (χ1v) is 9.00. The molecule has 1 saturated heterocycles. The largest absolute Gasteiger partial charge is 0.367 e. The topological polar surface area (TPSA) is 35.6 Å². The third kappa shape index (κ3) is 4.09. The van der Waals surface area contributed by atoms with Crippen LogP contribution in [-0.4, -0.2) is 44.0 Å². The molecule has 0 spiro atoms. The molecule has 1 amide bonds. The van der Waals surface area contributed by atoms with Crippen molar-refractivity contribution < 1.29 is 4.79 Å². The SMILES string of the molecule is CN1CCN(c2ccc(Cl)cc2NC(=O)c2ccc(Br)cc2)CC1. The van der Waals surface area contributed by atoms with Crippen LogP contribution < -0.4 is 10.2 Å². The lowest BCUT2D eigenvalue weighted by atomic mass is 10.2. The Hall–Kier alpha value is -1.56. The number of carbonyl (C=O) groups is 1. The van der Waals surface area contributed by atoms with Crippen molar-refractivity contribution in [3.05, 3.63) is 57.5 Å². The van der Waals surface area contributed by atoms with Crippen molar-refractivity contribution in [2.24, 2.45) is 0 Å². The molecule has 2 aromatic carbocycles. The third-order valence-corrected chi connectivity index (χ3v) is 4.92. The maximum absolute atomic E-state index is 12.5. The summed E-state index contributed by atoms with van der Waals surface area (Å²) >= 11 is 9.52. The highest BCUT2D eigenvalue weighted by Gasteiger charge is 2.18. The minimum atomic E-state index is -0.139. The molecule has 24 heavy (non-hydrogen) atoms. The molecule has 0 radical (unpaired) electrons. The minimum absolute atomic E-state index is 0.139. The van der Waals surface area contributed by atoms with Crippen LogP contribution >= 0.6 is 27.5 Å². The number of nitrogens with one attached hydrogen (secondary N) is 1. The zero-order valence-corrected chi connectivity index (χ0v) is 15.8. The van der Waals surface area contributed by atoms with Gasteiger partial charge in [-0.1, -0.05) is 27.5 Å². The summed E-state index contributed by atoms with van der Waals surface area (Å²) in [5.74, 6) is -0.139. The molecule has 0 aliphatic carbocycles. The number of nitrogens with zero attached hydrogens (tertiary/aromatic N) is 2. The monoisotopic (exact) mass is 407 g/mol. The number of piperazine rings is 1. The van der Waals surface area contributed by atoms with Crippen LogP contribution in [0.5, 0.6) is 0 Å². The fourth-order valence-electron chi connectivity index (χ4n) is 2.73. The summed E-state index contributed by atoms with van der Waals surface area (Å²) in [6.07, 6.45) is 0. The van der Waals surface area contributed by atoms with Crippen LogP contribution in [-0.2, 0) is 0 Å². The molecule has 1 fully saturated rings. The van der Waals surface area contributed by atoms with Crippen LogP contribution in [0.15, 0.2) is 46.9 Å². The van der Waals surface area contributed by atoms with Crippen LogP contribution in [0.3, 0.4) is 0 Å². The summed E-state index contributed by atoms with van der Waals surface area (Å²) in [5, 5.41) is 3.61. The van der Waals surface area contributed by atoms with Crippen LogP contribution in [0, 0.1) is 0 Å². The van der Waals surface area contributed by atoms with Gasteiger partial charge in [-0.2, -0.15) is 0 Å². The quantitative estimate of drug-likeness (QED) is 0.830. The number of benzene rings is 2. The van der Waals surface area contributed by atoms with Gasteiger partial charge in [-0.25, -0.2) is 0 Å². The van der Waals surface area contributed by atoms with Gasteiger partial charge in [0.1, 0.15) is 0 Å². The molecule has 0 bridgehead atoms. The van der Waals surface area contributed by atoms with Crippen molar-refractivity contribution in [1.82, 2.24) is 4.90 Å². The van der Waals surface area contributed by atoms with E-state index in [0.717, 1.165) is 42.0 Å². The van der Waals surface area contributed by atoms with E-state index in [2.05, 4.69) is 38.1 Å². The van der Waals surface area contributed by atoms with Gasteiger partial charge >= 0.3 is 0 Å². The Morgan fingerprint density at radius 3 is 2.42 bits per heavy atom. The molecule has 3 rings (SSSR count). The molecule has 1 aliphatic rings. The zero-order valence-electron chi connectivity index (χ0n) is 13.4. The predicted octanol–water partition coefficient (Wildman–Crippen LogP) is 4.11. The summed E-state index contributed by atoms with van der Waals surface area (Å²) < 4.78 is 0.944. The smallest absolute Gasteiger partial charge is 0.255 e. The maximum atomic E-state index is 12.5. The van der Waals surface area contributed by atoms with E-state index in [-0.39, 0.29) is 5.91 Å². The van der Waals surface area contributed by atoms with Gasteiger partial charge in [-0.15, -0.1) is 0 Å². The summed E-state index contributed by atoms with van der Waals surface area (Å²) in [6.45, 7) is 3.87. The average molecular weight is 409 g/mol. The molecule has 1 N–H and O–H groups in total. The van der Waals surface area contributed by atoms with Crippen molar-refractivity contribution in [3.63, 3.8) is 0 Å². The molecule has 0 atom stereocenters. The van der Waals surface area contributed by atoms with Crippen molar-refractivity contribution in [3.8, 4) is 0 Å². The summed E-state index contributed by atoms with van der Waals surface area (Å²) in [7, 11) is 2.12. The highest BCUT2D eigenvalue weighted by atomic mass is 79.9. The fraction of sp³-hybridized carbons (Fsp3) is 0.278. The number of likely N-dealkylation sites (N-methyl/N-ethyl adjacent to an activating group) is 1. The standard InChI is InChI=1S/C18H19BrClN3O/c1-22-8-10-23(11-9-22)17-7-6-15(20)12-16(17)21-18(24)13-2-4-14(19)5-3-13/h2-7,12H,8-11H2,1H3,(H,21,24). The number of halogens is 2. The van der Waals surface area contributed by atoms with E-state index in [1.54, 1.807) is 12.1 Å². The number of hydrogen-bond acceptors (Lipinski definition) is 3. The van der Waals surface area contributed by atoms with Gasteiger partial charge in [0.15, 0.2) is 0 Å². The lowest BCUT2D eigenvalue weighted by Gasteiger charge is -2.35. The van der Waals surface area contributed by atoms with Crippen molar-refractivity contribution >= 4 is 44.8 Å². The Morgan fingerprint density at radius 2 is 1.75 bits per heavy atom. The molecule has 126 valence electrons. The Morgan fingerprint density at radius 1 is 1.08 bits per heavy atom. The van der Waals surface area contributed by atoms with Gasteiger partial charge in [-0.3, -0.25) is 4.79 Å². The molecule has 1 heterocycles. The van der Waals surface area contributed by atoms with E-state index < -0.39 is 0 Å². The van der Waals surface area contributed by atoms with Crippen LogP contribution in [0.4, 0.5) is 11.4 Å². The van der Waals surface area contributed by atoms with Crippen molar-refractivity contribution in [2.75, 3.05) is 43.4 Å². The molecule has 0 unspecified atom stereocenters. The third-order valence-electron chi connectivity index (χ3n) is 4.16. The second-order valence-corrected chi connectivity index (χ2v) is 7.26. The van der Waals surface area contributed by atoms with Gasteiger partial charge in [0, 0.05) is 41.2 Å². The molecule has 0 aromatic heterocycles. The number of rotatable bonds is 3. The number of amides is 1. The van der Waals surface area contributed by atoms with Crippen molar-refractivity contribution in [2.45, 2.75) is 0 Å². The Bertz CT molecular complexity index is 728. The lowest BCUT2D eigenvalue weighted by molar-refractivity contribution is 0.102. The van der Waals surface area contributed by atoms with Gasteiger partial charge in [0.2, 0.25) is 0 Å². The number of hydrogen-bond donors (Lipinski definition) is 1. The molecular weight excluding hydrogens is 390 g/mol. The molecule has 1 aliphatic heterocycles. The fourth-order valence-corrected chi connectivity index (χ4v) is 3.16. The highest BCUT2D eigenvalue weighted by Crippen LogP contribution is 2.30. The highest BCUT2D eigenvalue weighted by molar-refractivity contribution is 9.10. The van der Waals surface area contributed by atoms with Crippen LogP contribution in [0.2, 0.25) is 5.02 Å². The maximum Gasteiger partial charge on any atom is 0.255 e. The van der Waals surface area contributed by atoms with E-state index in [0.29, 0.717) is 10.6 Å². The Kier molecular flexibility index (Phi) is 5.43. The van der Waals surface area contributed by atoms with Gasteiger partial charge in [0.25, 0.3) is 5.91 Å². The molecule has 2 aromatic rings. The van der Waals surface area contributed by atoms with Crippen LogP contribution in [0.25, 0.3) is 0 Å². The zero-order chi connectivity index (χ0) is 17.1. The molecular formula is C18H19BrClN3O. The number of anilines is 2. The Labute approximate surface area is 155 Å². The van der Waals surface area contributed by atoms with E-state index in [9.17, 15) is 4.79 Å². The van der Waals surface area contributed by atoms with E-state index in [1.165, 1.54) is 0 Å². The second kappa shape index (κ2) is 7.55. The van der Waals surface area contributed by atoms with Gasteiger partial charge in [0.05, 0.1) is 11.4 Å². The summed E-state index contributed by atoms with van der Waals surface area (Å²) in [4.78, 5) is 17.1. The van der Waals surface area contributed by atoms with Gasteiger partial charge in [-0.05, 0) is 49.5 Å². The summed E-state index contributed by atoms with van der Waals surface area (Å²) in [5.41, 5.74) is 2.38.